The Morgan fingerprint density at radius 2 is 1.12 bits per heavy atom. The summed E-state index contributed by atoms with van der Waals surface area (Å²) in [7, 11) is -4.67. The lowest BCUT2D eigenvalue weighted by Gasteiger charge is -2.07. The number of hydrogen-bond acceptors (Lipinski definition) is 6. The Morgan fingerprint density at radius 3 is 1.42 bits per heavy atom. The van der Waals surface area contributed by atoms with E-state index in [0.717, 1.165) is 12.8 Å². The molecule has 4 rings (SSSR count). The van der Waals surface area contributed by atoms with E-state index in [-0.39, 0.29) is 11.9 Å². The molecule has 2 aliphatic heterocycles. The summed E-state index contributed by atoms with van der Waals surface area (Å²) in [6.07, 6.45) is 1.99. The molecule has 0 amide bonds. The van der Waals surface area contributed by atoms with Crippen molar-refractivity contribution in [1.82, 2.24) is 0 Å². The molecule has 180 valence electrons. The first kappa shape index (κ1) is 25.7. The summed E-state index contributed by atoms with van der Waals surface area (Å²) in [4.78, 5) is 8.00. The summed E-state index contributed by atoms with van der Waals surface area (Å²) in [5.74, 6) is 0.311. The molecule has 2 aromatic rings. The SMILES string of the molecule is NC(N)=NCC1Cc2ccccc2N1.NC(N)=NCC1Cc2ccccc2N1.O=S(=O)(O)O. The molecule has 12 nitrogen and oxygen atoms in total. The quantitative estimate of drug-likeness (QED) is 0.166. The number of nitrogens with zero attached hydrogens (tertiary/aromatic N) is 2. The van der Waals surface area contributed by atoms with Crippen molar-refractivity contribution in [3.05, 3.63) is 59.7 Å². The topological polar surface area (TPSA) is 227 Å². The van der Waals surface area contributed by atoms with Crippen molar-refractivity contribution in [2.75, 3.05) is 23.7 Å². The maximum absolute atomic E-state index is 8.74. The first-order chi connectivity index (χ1) is 15.5. The van der Waals surface area contributed by atoms with Gasteiger partial charge in [-0.1, -0.05) is 36.4 Å². The van der Waals surface area contributed by atoms with Gasteiger partial charge in [0, 0.05) is 23.5 Å². The van der Waals surface area contributed by atoms with Crippen LogP contribution in [0.3, 0.4) is 0 Å². The molecule has 0 fully saturated rings. The Kier molecular flexibility index (Phi) is 9.27. The minimum absolute atomic E-state index is 0.155. The van der Waals surface area contributed by atoms with Crippen LogP contribution >= 0.6 is 0 Å². The number of fused-ring (bicyclic) bond motifs is 2. The number of benzene rings is 2. The van der Waals surface area contributed by atoms with Gasteiger partial charge in [0.2, 0.25) is 0 Å². The number of rotatable bonds is 4. The van der Waals surface area contributed by atoms with Gasteiger partial charge in [0.15, 0.2) is 11.9 Å². The van der Waals surface area contributed by atoms with Crippen LogP contribution in [0.4, 0.5) is 11.4 Å². The highest BCUT2D eigenvalue weighted by Gasteiger charge is 2.19. The summed E-state index contributed by atoms with van der Waals surface area (Å²) in [5, 5.41) is 6.74. The number of para-hydroxylation sites is 2. The molecule has 0 aromatic heterocycles. The summed E-state index contributed by atoms with van der Waals surface area (Å²) < 4.78 is 31.6. The van der Waals surface area contributed by atoms with E-state index < -0.39 is 10.4 Å². The molecular weight excluding hydrogens is 448 g/mol. The minimum atomic E-state index is -4.67. The van der Waals surface area contributed by atoms with Crippen molar-refractivity contribution < 1.29 is 17.5 Å². The monoisotopic (exact) mass is 478 g/mol. The number of nitrogens with two attached hydrogens (primary N) is 4. The van der Waals surface area contributed by atoms with E-state index in [4.69, 9.17) is 40.5 Å². The summed E-state index contributed by atoms with van der Waals surface area (Å²) in [5.41, 5.74) is 26.2. The van der Waals surface area contributed by atoms with Gasteiger partial charge in [0.1, 0.15) is 0 Å². The van der Waals surface area contributed by atoms with Gasteiger partial charge in [-0.05, 0) is 36.1 Å². The van der Waals surface area contributed by atoms with E-state index in [1.165, 1.54) is 22.5 Å². The Morgan fingerprint density at radius 1 is 0.788 bits per heavy atom. The van der Waals surface area contributed by atoms with Gasteiger partial charge in [0.05, 0.1) is 13.1 Å². The van der Waals surface area contributed by atoms with Crippen LogP contribution in [0.2, 0.25) is 0 Å². The van der Waals surface area contributed by atoms with Gasteiger partial charge in [-0.3, -0.25) is 19.1 Å². The van der Waals surface area contributed by atoms with E-state index in [0.29, 0.717) is 25.2 Å². The van der Waals surface area contributed by atoms with E-state index in [9.17, 15) is 0 Å². The maximum Gasteiger partial charge on any atom is 0.394 e. The van der Waals surface area contributed by atoms with Crippen molar-refractivity contribution in [1.29, 1.82) is 0 Å². The molecule has 0 aliphatic carbocycles. The predicted molar refractivity (Wildman–Crippen MR) is 131 cm³/mol. The molecule has 0 spiro atoms. The first-order valence-corrected chi connectivity index (χ1v) is 11.4. The van der Waals surface area contributed by atoms with Crippen LogP contribution < -0.4 is 33.6 Å². The Balaban J connectivity index is 0.000000195. The molecule has 33 heavy (non-hydrogen) atoms. The fraction of sp³-hybridized carbons (Fsp3) is 0.300. The summed E-state index contributed by atoms with van der Waals surface area (Å²) in [6, 6.07) is 17.2. The second-order valence-electron chi connectivity index (χ2n) is 7.38. The zero-order valence-corrected chi connectivity index (χ0v) is 18.7. The molecule has 0 saturated carbocycles. The third-order valence-electron chi connectivity index (χ3n) is 4.68. The smallest absolute Gasteiger partial charge is 0.380 e. The number of guanidine groups is 2. The molecule has 2 aliphatic rings. The molecule has 0 radical (unpaired) electrons. The predicted octanol–water partition coefficient (Wildman–Crippen LogP) is -0.0596. The van der Waals surface area contributed by atoms with E-state index in [2.05, 4.69) is 44.9 Å². The fourth-order valence-electron chi connectivity index (χ4n) is 3.40. The molecule has 0 bridgehead atoms. The molecule has 2 heterocycles. The molecule has 2 unspecified atom stereocenters. The van der Waals surface area contributed by atoms with E-state index in [1.54, 1.807) is 0 Å². The highest BCUT2D eigenvalue weighted by molar-refractivity contribution is 7.79. The van der Waals surface area contributed by atoms with Gasteiger partial charge in [-0.25, -0.2) is 0 Å². The zero-order valence-electron chi connectivity index (χ0n) is 17.9. The molecule has 0 saturated heterocycles. The van der Waals surface area contributed by atoms with Crippen LogP contribution in [0.1, 0.15) is 11.1 Å². The first-order valence-electron chi connectivity index (χ1n) is 10.0. The molecular formula is C20H30N8O4S. The number of aliphatic imine (C=N–C) groups is 2. The highest BCUT2D eigenvalue weighted by Crippen LogP contribution is 2.25. The molecule has 13 heteroatoms. The standard InChI is InChI=1S/2C10H14N4.H2O4S/c2*11-10(12)13-6-8-5-7-3-1-2-4-9(7)14-8;1-5(2,3)4/h2*1-4,8,14H,5-6H2,(H4,11,12,13);(H2,1,2,3,4). The lowest BCUT2D eigenvalue weighted by Crippen LogP contribution is -2.27. The molecule has 12 N–H and O–H groups in total. The van der Waals surface area contributed by atoms with Crippen LogP contribution in [0, 0.1) is 0 Å². The van der Waals surface area contributed by atoms with Crippen molar-refractivity contribution in [2.45, 2.75) is 24.9 Å². The second-order valence-corrected chi connectivity index (χ2v) is 8.28. The van der Waals surface area contributed by atoms with Gasteiger partial charge >= 0.3 is 10.4 Å². The maximum atomic E-state index is 8.74. The van der Waals surface area contributed by atoms with Gasteiger partial charge in [-0.2, -0.15) is 8.42 Å². The van der Waals surface area contributed by atoms with Crippen molar-refractivity contribution in [3.8, 4) is 0 Å². The fourth-order valence-corrected chi connectivity index (χ4v) is 3.40. The van der Waals surface area contributed by atoms with Gasteiger partial charge < -0.3 is 33.6 Å². The van der Waals surface area contributed by atoms with E-state index in [1.807, 2.05) is 24.3 Å². The van der Waals surface area contributed by atoms with Crippen LogP contribution in [0.5, 0.6) is 0 Å². The Labute approximate surface area is 192 Å². The molecule has 2 aromatic carbocycles. The van der Waals surface area contributed by atoms with Crippen LogP contribution in [-0.2, 0) is 23.2 Å². The van der Waals surface area contributed by atoms with E-state index >= 15 is 0 Å². The Hall–Kier alpha value is -3.55. The summed E-state index contributed by atoms with van der Waals surface area (Å²) in [6.45, 7) is 1.27. The normalized spacial score (nSPS) is 17.4. The summed E-state index contributed by atoms with van der Waals surface area (Å²) >= 11 is 0. The minimum Gasteiger partial charge on any atom is -0.380 e. The average molecular weight is 479 g/mol. The lowest BCUT2D eigenvalue weighted by molar-refractivity contribution is 0.381. The lowest BCUT2D eigenvalue weighted by atomic mass is 10.1. The van der Waals surface area contributed by atoms with Crippen LogP contribution in [0.25, 0.3) is 0 Å². The van der Waals surface area contributed by atoms with Crippen molar-refractivity contribution in [2.24, 2.45) is 32.9 Å². The van der Waals surface area contributed by atoms with Gasteiger partial charge in [-0.15, -0.1) is 0 Å². The number of anilines is 2. The third kappa shape index (κ3) is 10.1. The van der Waals surface area contributed by atoms with Gasteiger partial charge in [0.25, 0.3) is 0 Å². The van der Waals surface area contributed by atoms with Crippen LogP contribution in [0.15, 0.2) is 58.5 Å². The van der Waals surface area contributed by atoms with Crippen molar-refractivity contribution >= 4 is 33.7 Å². The average Bonchev–Trinajstić information content (AvgIpc) is 3.33. The Bertz CT molecular complexity index is 953. The number of nitrogens with one attached hydrogen (secondary N) is 2. The third-order valence-corrected chi connectivity index (χ3v) is 4.68. The van der Waals surface area contributed by atoms with Crippen LogP contribution in [-0.4, -0.2) is 54.6 Å². The number of hydrogen-bond donors (Lipinski definition) is 8. The van der Waals surface area contributed by atoms with Crippen molar-refractivity contribution in [3.63, 3.8) is 0 Å². The highest BCUT2D eigenvalue weighted by atomic mass is 32.3. The largest absolute Gasteiger partial charge is 0.394 e. The molecule has 2 atom stereocenters. The zero-order chi connectivity index (χ0) is 24.4. The second kappa shape index (κ2) is 11.9.